The fourth-order valence-corrected chi connectivity index (χ4v) is 6.86. The number of rotatable bonds is 9. The van der Waals surface area contributed by atoms with Crippen LogP contribution in [-0.2, 0) is 16.3 Å². The third kappa shape index (κ3) is 5.77. The molecule has 0 spiro atoms. The van der Waals surface area contributed by atoms with E-state index in [4.69, 9.17) is 0 Å². The molecule has 1 aliphatic rings. The van der Waals surface area contributed by atoms with E-state index < -0.39 is 9.84 Å². The van der Waals surface area contributed by atoms with Crippen LogP contribution in [0.1, 0.15) is 63.0 Å². The minimum Gasteiger partial charge on any atom is -0.356 e. The normalized spacial score (nSPS) is 19.1. The van der Waals surface area contributed by atoms with Gasteiger partial charge in [-0.25, -0.2) is 22.8 Å². The van der Waals surface area contributed by atoms with Gasteiger partial charge < -0.3 is 9.88 Å². The molecule has 0 amide bonds. The van der Waals surface area contributed by atoms with E-state index in [1.165, 1.54) is 0 Å². The molecule has 34 heavy (non-hydrogen) atoms. The molecule has 2 aromatic heterocycles. The Morgan fingerprint density at radius 3 is 2.62 bits per heavy atom. The summed E-state index contributed by atoms with van der Waals surface area (Å²) in [6.07, 6.45) is 8.02. The van der Waals surface area contributed by atoms with E-state index in [0.29, 0.717) is 24.4 Å². The summed E-state index contributed by atoms with van der Waals surface area (Å²) in [5, 5.41) is 1.00. The van der Waals surface area contributed by atoms with Gasteiger partial charge in [0.05, 0.1) is 16.9 Å². The largest absolute Gasteiger partial charge is 0.356 e. The number of nitrogens with zero attached hydrogens (tertiary/aromatic N) is 3. The first-order valence-corrected chi connectivity index (χ1v) is 14.1. The van der Waals surface area contributed by atoms with Crippen molar-refractivity contribution in [1.82, 2.24) is 15.0 Å². The van der Waals surface area contributed by atoms with Crippen molar-refractivity contribution in [2.75, 3.05) is 23.5 Å². The van der Waals surface area contributed by atoms with Gasteiger partial charge in [-0.3, -0.25) is 0 Å². The van der Waals surface area contributed by atoms with Crippen LogP contribution >= 0.6 is 0 Å². The molecule has 4 rings (SSSR count). The van der Waals surface area contributed by atoms with Gasteiger partial charge >= 0.3 is 0 Å². The zero-order chi connectivity index (χ0) is 24.3. The average molecular weight is 487 g/mol. The molecule has 1 aliphatic carbocycles. The maximum Gasteiger partial charge on any atom is 0.150 e. The van der Waals surface area contributed by atoms with Gasteiger partial charge in [-0.15, -0.1) is 0 Å². The number of anilines is 1. The highest BCUT2D eigenvalue weighted by atomic mass is 32.2. The van der Waals surface area contributed by atoms with E-state index in [1.54, 1.807) is 18.5 Å². The van der Waals surface area contributed by atoms with Gasteiger partial charge in [0, 0.05) is 19.3 Å². The van der Waals surface area contributed by atoms with Crippen LogP contribution in [0.25, 0.3) is 11.0 Å². The number of benzene rings is 1. The van der Waals surface area contributed by atoms with Crippen LogP contribution < -0.4 is 4.90 Å². The molecule has 184 valence electrons. The molecule has 0 bridgehead atoms. The molecule has 6 nitrogen and oxygen atoms in total. The van der Waals surface area contributed by atoms with Gasteiger partial charge in [0.25, 0.3) is 0 Å². The summed E-state index contributed by atoms with van der Waals surface area (Å²) < 4.78 is 39.8. The van der Waals surface area contributed by atoms with Crippen LogP contribution in [0.2, 0.25) is 0 Å². The Hall–Kier alpha value is -2.48. The number of hydrogen-bond acceptors (Lipinski definition) is 5. The van der Waals surface area contributed by atoms with Gasteiger partial charge in [-0.05, 0) is 73.6 Å². The van der Waals surface area contributed by atoms with Crippen molar-refractivity contribution >= 4 is 26.7 Å². The van der Waals surface area contributed by atoms with Crippen molar-refractivity contribution in [3.8, 4) is 0 Å². The molecule has 0 atom stereocenters. The fourth-order valence-electron chi connectivity index (χ4n) is 5.06. The number of aromatic amines is 1. The number of nitrogens with one attached hydrogen (secondary N) is 1. The second-order valence-electron chi connectivity index (χ2n) is 9.95. The van der Waals surface area contributed by atoms with Gasteiger partial charge in [0.2, 0.25) is 0 Å². The molecule has 1 saturated carbocycles. The number of hydrogen-bond donors (Lipinski definition) is 1. The molecule has 0 radical (unpaired) electrons. The molecule has 2 heterocycles. The lowest BCUT2D eigenvalue weighted by molar-refractivity contribution is 0.340. The highest BCUT2D eigenvalue weighted by Crippen LogP contribution is 2.32. The highest BCUT2D eigenvalue weighted by Gasteiger charge is 2.28. The van der Waals surface area contributed by atoms with Crippen LogP contribution in [-0.4, -0.2) is 48.0 Å². The molecule has 0 aliphatic heterocycles. The standard InChI is InChI=1S/C26H35FN4O2S/c1-18(2)21-9-8-20(24(27)15-21)5-4-14-34(32,33)16-19-6-10-22(11-7-19)31(3)26-23-12-13-28-25(23)29-17-30-26/h8-9,12-13,15,17-19,22H,4-7,10-11,14,16H2,1-3H3,(H,28,29,30). The third-order valence-electron chi connectivity index (χ3n) is 7.17. The number of aromatic nitrogens is 3. The first kappa shape index (κ1) is 24.6. The van der Waals surface area contributed by atoms with E-state index in [0.717, 1.165) is 48.1 Å². The number of H-pyrrole nitrogens is 1. The number of halogens is 1. The molecule has 1 N–H and O–H groups in total. The second kappa shape index (κ2) is 10.4. The molecule has 1 aromatic carbocycles. The summed E-state index contributed by atoms with van der Waals surface area (Å²) >= 11 is 0. The van der Waals surface area contributed by atoms with Crippen LogP contribution in [0.3, 0.4) is 0 Å². The quantitative estimate of drug-likeness (QED) is 0.446. The Bertz CT molecular complexity index is 1220. The number of fused-ring (bicyclic) bond motifs is 1. The molecule has 1 fully saturated rings. The lowest BCUT2D eigenvalue weighted by Gasteiger charge is -2.35. The van der Waals surface area contributed by atoms with Crippen molar-refractivity contribution in [2.45, 2.75) is 64.3 Å². The highest BCUT2D eigenvalue weighted by molar-refractivity contribution is 7.91. The van der Waals surface area contributed by atoms with Crippen molar-refractivity contribution in [1.29, 1.82) is 0 Å². The minimum atomic E-state index is -3.16. The van der Waals surface area contributed by atoms with Crippen LogP contribution in [0.15, 0.2) is 36.8 Å². The SMILES string of the molecule is CC(C)c1ccc(CCCS(=O)(=O)CC2CCC(N(C)c3ncnc4[nH]ccc34)CC2)c(F)c1. The molecule has 3 aromatic rings. The predicted octanol–water partition coefficient (Wildman–Crippen LogP) is 5.26. The summed E-state index contributed by atoms with van der Waals surface area (Å²) in [6.45, 7) is 4.06. The minimum absolute atomic E-state index is 0.116. The summed E-state index contributed by atoms with van der Waals surface area (Å²) in [5.41, 5.74) is 2.39. The summed E-state index contributed by atoms with van der Waals surface area (Å²) in [7, 11) is -1.10. The van der Waals surface area contributed by atoms with Crippen molar-refractivity contribution in [3.05, 3.63) is 53.7 Å². The van der Waals surface area contributed by atoms with Crippen LogP contribution in [0.4, 0.5) is 10.2 Å². The Kier molecular flexibility index (Phi) is 7.55. The lowest BCUT2D eigenvalue weighted by Crippen LogP contribution is -2.37. The van der Waals surface area contributed by atoms with Gasteiger partial charge in [0.1, 0.15) is 23.6 Å². The second-order valence-corrected chi connectivity index (χ2v) is 12.2. The average Bonchev–Trinajstić information content (AvgIpc) is 3.29. The Morgan fingerprint density at radius 1 is 1.15 bits per heavy atom. The van der Waals surface area contributed by atoms with Crippen LogP contribution in [0, 0.1) is 11.7 Å². The van der Waals surface area contributed by atoms with E-state index in [2.05, 4.69) is 26.9 Å². The van der Waals surface area contributed by atoms with Gasteiger partial charge in [-0.1, -0.05) is 26.0 Å². The van der Waals surface area contributed by atoms with E-state index in [9.17, 15) is 12.8 Å². The first-order valence-electron chi connectivity index (χ1n) is 12.2. The van der Waals surface area contributed by atoms with Gasteiger partial charge in [-0.2, -0.15) is 0 Å². The molecular formula is C26H35FN4O2S. The van der Waals surface area contributed by atoms with E-state index in [-0.39, 0.29) is 29.2 Å². The smallest absolute Gasteiger partial charge is 0.150 e. The third-order valence-corrected chi connectivity index (χ3v) is 9.06. The Labute approximate surface area is 201 Å². The Balaban J connectivity index is 1.26. The molecule has 8 heteroatoms. The van der Waals surface area contributed by atoms with Crippen molar-refractivity contribution < 1.29 is 12.8 Å². The molecular weight excluding hydrogens is 451 g/mol. The van der Waals surface area contributed by atoms with Gasteiger partial charge in [0.15, 0.2) is 9.84 Å². The molecule has 0 saturated heterocycles. The molecule has 0 unspecified atom stereocenters. The Morgan fingerprint density at radius 2 is 1.91 bits per heavy atom. The summed E-state index contributed by atoms with van der Waals surface area (Å²) in [6, 6.07) is 7.64. The zero-order valence-electron chi connectivity index (χ0n) is 20.3. The monoisotopic (exact) mass is 486 g/mol. The fraction of sp³-hybridized carbons (Fsp3) is 0.538. The summed E-state index contributed by atoms with van der Waals surface area (Å²) in [5.74, 6) is 1.49. The topological polar surface area (TPSA) is 79.0 Å². The first-order chi connectivity index (χ1) is 16.2. The van der Waals surface area contributed by atoms with E-state index >= 15 is 0 Å². The van der Waals surface area contributed by atoms with Crippen molar-refractivity contribution in [2.24, 2.45) is 5.92 Å². The number of aryl methyl sites for hydroxylation is 1. The lowest BCUT2D eigenvalue weighted by atomic mass is 9.86. The predicted molar refractivity (Wildman–Crippen MR) is 136 cm³/mol. The number of sulfone groups is 1. The maximum atomic E-state index is 14.3. The van der Waals surface area contributed by atoms with E-state index in [1.807, 2.05) is 32.2 Å². The van der Waals surface area contributed by atoms with Crippen molar-refractivity contribution in [3.63, 3.8) is 0 Å². The maximum absolute atomic E-state index is 14.3. The zero-order valence-corrected chi connectivity index (χ0v) is 21.1. The van der Waals surface area contributed by atoms with Crippen LogP contribution in [0.5, 0.6) is 0 Å². The summed E-state index contributed by atoms with van der Waals surface area (Å²) in [4.78, 5) is 14.1.